The fraction of sp³-hybridized carbons (Fsp3) is 0.222. The molecule has 3 rings (SSSR count). The first-order chi connectivity index (χ1) is 12.9. The molecule has 0 radical (unpaired) electrons. The van der Waals surface area contributed by atoms with Crippen LogP contribution in [-0.2, 0) is 0 Å². The normalized spacial score (nSPS) is 16.0. The molecular weight excluding hydrogens is 390 g/mol. The molecule has 1 heterocycles. The van der Waals surface area contributed by atoms with Gasteiger partial charge in [0.15, 0.2) is 10.9 Å². The van der Waals surface area contributed by atoms with E-state index in [4.69, 9.17) is 16.3 Å². The molecule has 9 heteroatoms. The van der Waals surface area contributed by atoms with Crippen LogP contribution in [0, 0.1) is 10.1 Å². The molecule has 7 nitrogen and oxygen atoms in total. The fourth-order valence-electron chi connectivity index (χ4n) is 2.58. The summed E-state index contributed by atoms with van der Waals surface area (Å²) < 4.78 is 5.00. The van der Waals surface area contributed by atoms with Gasteiger partial charge in [-0.3, -0.25) is 24.8 Å². The zero-order valence-electron chi connectivity index (χ0n) is 14.6. The number of halogens is 1. The van der Waals surface area contributed by atoms with Gasteiger partial charge >= 0.3 is 5.69 Å². The maximum absolute atomic E-state index is 13.2. The topological polar surface area (TPSA) is 85.0 Å². The van der Waals surface area contributed by atoms with Gasteiger partial charge in [0, 0.05) is 22.4 Å². The van der Waals surface area contributed by atoms with E-state index in [-0.39, 0.29) is 23.0 Å². The van der Waals surface area contributed by atoms with Crippen LogP contribution in [0.25, 0.3) is 0 Å². The second-order valence-electron chi connectivity index (χ2n) is 5.83. The van der Waals surface area contributed by atoms with Crippen LogP contribution >= 0.6 is 23.4 Å². The minimum Gasteiger partial charge on any atom is -0.490 e. The van der Waals surface area contributed by atoms with Gasteiger partial charge in [0.05, 0.1) is 23.8 Å². The molecule has 0 fully saturated rings. The van der Waals surface area contributed by atoms with Crippen LogP contribution in [0.1, 0.15) is 17.3 Å². The molecule has 0 unspecified atom stereocenters. The van der Waals surface area contributed by atoms with E-state index in [1.54, 1.807) is 24.3 Å². The number of amidine groups is 1. The van der Waals surface area contributed by atoms with Gasteiger partial charge < -0.3 is 4.74 Å². The highest BCUT2D eigenvalue weighted by molar-refractivity contribution is 8.14. The smallest absolute Gasteiger partial charge is 0.311 e. The van der Waals surface area contributed by atoms with Crippen LogP contribution in [0.5, 0.6) is 5.75 Å². The molecule has 2 aromatic carbocycles. The molecule has 27 heavy (non-hydrogen) atoms. The summed E-state index contributed by atoms with van der Waals surface area (Å²) in [5.74, 6) is 0.439. The molecule has 1 atom stereocenters. The monoisotopic (exact) mass is 405 g/mol. The summed E-state index contributed by atoms with van der Waals surface area (Å²) in [5.41, 5.74) is 0.484. The Kier molecular flexibility index (Phi) is 5.67. The Morgan fingerprint density at radius 1 is 1.33 bits per heavy atom. The molecule has 2 aromatic rings. The molecular formula is C18H16ClN3O4S. The number of nitro benzene ring substituents is 1. The lowest BCUT2D eigenvalue weighted by Gasteiger charge is -2.22. The van der Waals surface area contributed by atoms with Gasteiger partial charge in [0.1, 0.15) is 0 Å². The van der Waals surface area contributed by atoms with Gasteiger partial charge in [-0.25, -0.2) is 0 Å². The molecule has 1 amide bonds. The van der Waals surface area contributed by atoms with Crippen LogP contribution in [0.2, 0.25) is 5.02 Å². The molecule has 1 aliphatic heterocycles. The van der Waals surface area contributed by atoms with Gasteiger partial charge in [-0.2, -0.15) is 0 Å². The number of methoxy groups -OCH3 is 1. The van der Waals surface area contributed by atoms with E-state index in [1.807, 2.05) is 6.92 Å². The summed E-state index contributed by atoms with van der Waals surface area (Å²) in [6, 6.07) is 11.0. The summed E-state index contributed by atoms with van der Waals surface area (Å²) >= 11 is 7.42. The number of thioether (sulfide) groups is 1. The largest absolute Gasteiger partial charge is 0.490 e. The Hall–Kier alpha value is -2.58. The minimum atomic E-state index is -0.577. The predicted molar refractivity (Wildman–Crippen MR) is 107 cm³/mol. The predicted octanol–water partition coefficient (Wildman–Crippen LogP) is 4.39. The van der Waals surface area contributed by atoms with Gasteiger partial charge in [-0.15, -0.1) is 0 Å². The lowest BCUT2D eigenvalue weighted by molar-refractivity contribution is -0.385. The van der Waals surface area contributed by atoms with Gasteiger partial charge in [-0.1, -0.05) is 23.4 Å². The standard InChI is InChI=1S/C18H16ClN3O4S/c1-11-10-27-18(20-11)21(14-6-4-13(19)5-7-14)17(23)12-3-8-16(26-2)15(9-12)22(24)25/h3-9,11H,10H2,1-2H3/t11-/m0/s1. The van der Waals surface area contributed by atoms with Crippen molar-refractivity contribution in [2.75, 3.05) is 17.8 Å². The van der Waals surface area contributed by atoms with Crippen molar-refractivity contribution in [1.29, 1.82) is 0 Å². The second kappa shape index (κ2) is 7.98. The Bertz CT molecular complexity index is 917. The number of carbonyl (C=O) groups excluding carboxylic acids is 1. The fourth-order valence-corrected chi connectivity index (χ4v) is 3.74. The number of amides is 1. The average Bonchev–Trinajstić information content (AvgIpc) is 3.08. The molecule has 0 bridgehead atoms. The molecule has 0 spiro atoms. The first-order valence-electron chi connectivity index (χ1n) is 8.03. The SMILES string of the molecule is COc1ccc(C(=O)N(C2=N[C@@H](C)CS2)c2ccc(Cl)cc2)cc1[N+](=O)[O-]. The Balaban J connectivity index is 2.06. The van der Waals surface area contributed by atoms with E-state index in [2.05, 4.69) is 4.99 Å². The van der Waals surface area contributed by atoms with Crippen molar-refractivity contribution >= 4 is 45.8 Å². The van der Waals surface area contributed by atoms with Gasteiger partial charge in [-0.05, 0) is 43.3 Å². The van der Waals surface area contributed by atoms with Gasteiger partial charge in [0.2, 0.25) is 0 Å². The lowest BCUT2D eigenvalue weighted by Crippen LogP contribution is -2.34. The number of nitrogens with zero attached hydrogens (tertiary/aromatic N) is 3. The van der Waals surface area contributed by atoms with Crippen molar-refractivity contribution in [2.45, 2.75) is 13.0 Å². The first-order valence-corrected chi connectivity index (χ1v) is 9.40. The van der Waals surface area contributed by atoms with E-state index in [0.29, 0.717) is 15.9 Å². The number of ether oxygens (including phenoxy) is 1. The molecule has 1 aliphatic rings. The van der Waals surface area contributed by atoms with E-state index in [9.17, 15) is 14.9 Å². The Morgan fingerprint density at radius 3 is 2.59 bits per heavy atom. The van der Waals surface area contributed by atoms with Crippen molar-refractivity contribution in [1.82, 2.24) is 0 Å². The zero-order chi connectivity index (χ0) is 19.6. The van der Waals surface area contributed by atoms with Crippen molar-refractivity contribution < 1.29 is 14.5 Å². The van der Waals surface area contributed by atoms with E-state index in [0.717, 1.165) is 5.75 Å². The third-order valence-corrected chi connectivity index (χ3v) is 5.33. The molecule has 0 saturated carbocycles. The summed E-state index contributed by atoms with van der Waals surface area (Å²) in [6.07, 6.45) is 0. The number of benzene rings is 2. The molecule has 0 N–H and O–H groups in total. The quantitative estimate of drug-likeness (QED) is 0.556. The van der Waals surface area contributed by atoms with Crippen molar-refractivity contribution in [3.8, 4) is 5.75 Å². The third kappa shape index (κ3) is 4.06. The zero-order valence-corrected chi connectivity index (χ0v) is 16.2. The van der Waals surface area contributed by atoms with Crippen molar-refractivity contribution in [3.63, 3.8) is 0 Å². The third-order valence-electron chi connectivity index (χ3n) is 3.89. The number of anilines is 1. The van der Waals surface area contributed by atoms with E-state index in [1.165, 1.54) is 42.0 Å². The Labute approximate surface area is 165 Å². The molecule has 140 valence electrons. The molecule has 0 aromatic heterocycles. The summed E-state index contributed by atoms with van der Waals surface area (Å²) in [6.45, 7) is 1.96. The van der Waals surface area contributed by atoms with Crippen LogP contribution in [0.4, 0.5) is 11.4 Å². The van der Waals surface area contributed by atoms with Crippen LogP contribution in [0.15, 0.2) is 47.5 Å². The first kappa shape index (κ1) is 19.2. The number of rotatable bonds is 4. The van der Waals surface area contributed by atoms with Crippen LogP contribution in [0.3, 0.4) is 0 Å². The highest BCUT2D eigenvalue weighted by Gasteiger charge is 2.29. The van der Waals surface area contributed by atoms with Crippen LogP contribution < -0.4 is 9.64 Å². The average molecular weight is 406 g/mol. The number of hydrogen-bond donors (Lipinski definition) is 0. The van der Waals surface area contributed by atoms with E-state index < -0.39 is 10.8 Å². The number of nitro groups is 1. The Morgan fingerprint density at radius 2 is 2.04 bits per heavy atom. The highest BCUT2D eigenvalue weighted by atomic mass is 35.5. The molecule has 0 aliphatic carbocycles. The highest BCUT2D eigenvalue weighted by Crippen LogP contribution is 2.31. The maximum Gasteiger partial charge on any atom is 0.311 e. The van der Waals surface area contributed by atoms with E-state index >= 15 is 0 Å². The molecule has 0 saturated heterocycles. The summed E-state index contributed by atoms with van der Waals surface area (Å²) in [5, 5.41) is 12.4. The number of carbonyl (C=O) groups is 1. The summed E-state index contributed by atoms with van der Waals surface area (Å²) in [7, 11) is 1.34. The van der Waals surface area contributed by atoms with Crippen molar-refractivity contribution in [3.05, 3.63) is 63.2 Å². The number of hydrogen-bond acceptors (Lipinski definition) is 6. The van der Waals surface area contributed by atoms with Gasteiger partial charge in [0.25, 0.3) is 5.91 Å². The lowest BCUT2D eigenvalue weighted by atomic mass is 10.1. The summed E-state index contributed by atoms with van der Waals surface area (Å²) in [4.78, 5) is 29.9. The minimum absolute atomic E-state index is 0.0813. The maximum atomic E-state index is 13.2. The number of aliphatic imine (C=N–C) groups is 1. The van der Waals surface area contributed by atoms with Crippen LogP contribution in [-0.4, -0.2) is 34.9 Å². The van der Waals surface area contributed by atoms with Crippen molar-refractivity contribution in [2.24, 2.45) is 4.99 Å². The second-order valence-corrected chi connectivity index (χ2v) is 7.26.